The first-order chi connectivity index (χ1) is 9.58. The molecular weight excluding hydrogens is 264 g/mol. The van der Waals surface area contributed by atoms with Crippen molar-refractivity contribution in [3.8, 4) is 0 Å². The number of carboxylic acids is 1. The molecule has 1 heterocycles. The van der Waals surface area contributed by atoms with Crippen molar-refractivity contribution in [2.45, 2.75) is 6.54 Å². The fourth-order valence-electron chi connectivity index (χ4n) is 1.69. The number of nitro groups is 1. The Morgan fingerprint density at radius 2 is 2.20 bits per heavy atom. The molecule has 2 rings (SSSR count). The quantitative estimate of drug-likeness (QED) is 0.612. The number of nitrogens with zero attached hydrogens (tertiary/aromatic N) is 3. The lowest BCUT2D eigenvalue weighted by atomic mass is 10.2. The monoisotopic (exact) mass is 276 g/mol. The van der Waals surface area contributed by atoms with Gasteiger partial charge in [-0.2, -0.15) is 0 Å². The number of hydrogen-bond donors (Lipinski definition) is 2. The van der Waals surface area contributed by atoms with Gasteiger partial charge in [0.1, 0.15) is 5.69 Å². The van der Waals surface area contributed by atoms with E-state index in [4.69, 9.17) is 5.11 Å². The highest BCUT2D eigenvalue weighted by Gasteiger charge is 2.11. The summed E-state index contributed by atoms with van der Waals surface area (Å²) in [4.78, 5) is 24.7. The van der Waals surface area contributed by atoms with Crippen LogP contribution < -0.4 is 5.32 Å². The van der Waals surface area contributed by atoms with Crippen LogP contribution in [-0.2, 0) is 6.54 Å². The van der Waals surface area contributed by atoms with Crippen LogP contribution in [0.25, 0.3) is 0 Å². The standard InChI is InChI=1S/C12H12N4O4/c17-12(18)10-7-15(8-14-10)6-5-13-9-3-1-2-4-11(9)16(19)20/h1-4,7-8,13H,5-6H2,(H,17,18). The molecule has 8 heteroatoms. The zero-order valence-corrected chi connectivity index (χ0v) is 10.4. The maximum absolute atomic E-state index is 10.8. The number of hydrogen-bond acceptors (Lipinski definition) is 5. The number of nitrogens with one attached hydrogen (secondary N) is 1. The van der Waals surface area contributed by atoms with E-state index in [1.807, 2.05) is 0 Å². The van der Waals surface area contributed by atoms with Crippen molar-refractivity contribution in [3.63, 3.8) is 0 Å². The molecule has 0 unspecified atom stereocenters. The second-order valence-electron chi connectivity index (χ2n) is 4.00. The van der Waals surface area contributed by atoms with Crippen LogP contribution in [0, 0.1) is 10.1 Å². The third kappa shape index (κ3) is 3.10. The van der Waals surface area contributed by atoms with Gasteiger partial charge in [0.05, 0.1) is 11.3 Å². The third-order valence-electron chi connectivity index (χ3n) is 2.64. The Balaban J connectivity index is 1.96. The maximum Gasteiger partial charge on any atom is 0.356 e. The van der Waals surface area contributed by atoms with Crippen molar-refractivity contribution in [1.29, 1.82) is 0 Å². The average molecular weight is 276 g/mol. The van der Waals surface area contributed by atoms with Crippen LogP contribution >= 0.6 is 0 Å². The van der Waals surface area contributed by atoms with Crippen LogP contribution in [0.15, 0.2) is 36.8 Å². The van der Waals surface area contributed by atoms with Crippen LogP contribution in [0.2, 0.25) is 0 Å². The predicted molar refractivity (Wildman–Crippen MR) is 70.8 cm³/mol. The Labute approximate surface area is 113 Å². The van der Waals surface area contributed by atoms with Gasteiger partial charge in [0, 0.05) is 25.4 Å². The SMILES string of the molecule is O=C(O)c1cn(CCNc2ccccc2[N+](=O)[O-])cn1. The van der Waals surface area contributed by atoms with E-state index in [1.165, 1.54) is 18.6 Å². The van der Waals surface area contributed by atoms with Gasteiger partial charge >= 0.3 is 5.97 Å². The average Bonchev–Trinajstić information content (AvgIpc) is 2.88. The van der Waals surface area contributed by atoms with Crippen LogP contribution in [0.3, 0.4) is 0 Å². The molecule has 0 bridgehead atoms. The summed E-state index contributed by atoms with van der Waals surface area (Å²) in [6, 6.07) is 6.34. The van der Waals surface area contributed by atoms with E-state index in [0.717, 1.165) is 0 Å². The van der Waals surface area contributed by atoms with Gasteiger partial charge in [0.25, 0.3) is 5.69 Å². The molecule has 0 saturated heterocycles. The number of carboxylic acid groups (broad SMARTS) is 1. The molecular formula is C12H12N4O4. The minimum atomic E-state index is -1.09. The number of imidazole rings is 1. The number of rotatable bonds is 6. The van der Waals surface area contributed by atoms with E-state index in [9.17, 15) is 14.9 Å². The number of carbonyl (C=O) groups is 1. The Kier molecular flexibility index (Phi) is 3.94. The van der Waals surface area contributed by atoms with Crippen molar-refractivity contribution >= 4 is 17.3 Å². The molecule has 104 valence electrons. The summed E-state index contributed by atoms with van der Waals surface area (Å²) in [6.07, 6.45) is 2.81. The fourth-order valence-corrected chi connectivity index (χ4v) is 1.69. The van der Waals surface area contributed by atoms with Crippen LogP contribution in [0.4, 0.5) is 11.4 Å². The van der Waals surface area contributed by atoms with Gasteiger partial charge in [-0.15, -0.1) is 0 Å². The molecule has 0 aliphatic heterocycles. The first-order valence-corrected chi connectivity index (χ1v) is 5.80. The van der Waals surface area contributed by atoms with Crippen molar-refractivity contribution < 1.29 is 14.8 Å². The molecule has 2 aromatic rings. The first kappa shape index (κ1) is 13.5. The van der Waals surface area contributed by atoms with Crippen molar-refractivity contribution in [2.24, 2.45) is 0 Å². The molecule has 0 fully saturated rings. The Hall–Kier alpha value is -2.90. The third-order valence-corrected chi connectivity index (χ3v) is 2.64. The predicted octanol–water partition coefficient (Wildman–Crippen LogP) is 1.60. The molecule has 0 spiro atoms. The lowest BCUT2D eigenvalue weighted by Gasteiger charge is -2.07. The number of nitro benzene ring substituents is 1. The summed E-state index contributed by atoms with van der Waals surface area (Å²) < 4.78 is 1.60. The lowest BCUT2D eigenvalue weighted by molar-refractivity contribution is -0.384. The molecule has 0 aliphatic carbocycles. The lowest BCUT2D eigenvalue weighted by Crippen LogP contribution is -2.10. The highest BCUT2D eigenvalue weighted by Crippen LogP contribution is 2.22. The van der Waals surface area contributed by atoms with E-state index < -0.39 is 10.9 Å². The van der Waals surface area contributed by atoms with Gasteiger partial charge in [0.15, 0.2) is 5.69 Å². The largest absolute Gasteiger partial charge is 0.476 e. The number of anilines is 1. The van der Waals surface area contributed by atoms with Gasteiger partial charge in [-0.1, -0.05) is 12.1 Å². The summed E-state index contributed by atoms with van der Waals surface area (Å²) in [5.74, 6) is -1.09. The summed E-state index contributed by atoms with van der Waals surface area (Å²) >= 11 is 0. The molecule has 2 N–H and O–H groups in total. The van der Waals surface area contributed by atoms with Crippen LogP contribution in [0.5, 0.6) is 0 Å². The number of benzene rings is 1. The summed E-state index contributed by atoms with van der Waals surface area (Å²) in [7, 11) is 0. The zero-order valence-electron chi connectivity index (χ0n) is 10.4. The molecule has 0 atom stereocenters. The Morgan fingerprint density at radius 1 is 1.45 bits per heavy atom. The van der Waals surface area contributed by atoms with E-state index >= 15 is 0 Å². The zero-order chi connectivity index (χ0) is 14.5. The Morgan fingerprint density at radius 3 is 2.85 bits per heavy atom. The van der Waals surface area contributed by atoms with Gasteiger partial charge in [0.2, 0.25) is 0 Å². The number of aromatic nitrogens is 2. The maximum atomic E-state index is 10.8. The topological polar surface area (TPSA) is 110 Å². The Bertz CT molecular complexity index is 638. The van der Waals surface area contributed by atoms with Crippen molar-refractivity contribution in [1.82, 2.24) is 9.55 Å². The fraction of sp³-hybridized carbons (Fsp3) is 0.167. The molecule has 1 aromatic carbocycles. The minimum Gasteiger partial charge on any atom is -0.476 e. The second kappa shape index (κ2) is 5.83. The second-order valence-corrected chi connectivity index (χ2v) is 4.00. The highest BCUT2D eigenvalue weighted by molar-refractivity contribution is 5.84. The first-order valence-electron chi connectivity index (χ1n) is 5.80. The molecule has 0 saturated carbocycles. The van der Waals surface area contributed by atoms with E-state index in [1.54, 1.807) is 22.8 Å². The van der Waals surface area contributed by atoms with E-state index in [0.29, 0.717) is 18.8 Å². The van der Waals surface area contributed by atoms with Gasteiger partial charge < -0.3 is 15.0 Å². The van der Waals surface area contributed by atoms with E-state index in [-0.39, 0.29) is 11.4 Å². The van der Waals surface area contributed by atoms with Gasteiger partial charge in [-0.05, 0) is 6.07 Å². The normalized spacial score (nSPS) is 10.2. The molecule has 0 amide bonds. The van der Waals surface area contributed by atoms with Gasteiger partial charge in [-0.3, -0.25) is 10.1 Å². The summed E-state index contributed by atoms with van der Waals surface area (Å²) in [6.45, 7) is 0.868. The minimum absolute atomic E-state index is 0.00403. The van der Waals surface area contributed by atoms with Crippen LogP contribution in [0.1, 0.15) is 10.5 Å². The molecule has 8 nitrogen and oxygen atoms in total. The molecule has 0 radical (unpaired) electrons. The molecule has 1 aromatic heterocycles. The van der Waals surface area contributed by atoms with Crippen molar-refractivity contribution in [2.75, 3.05) is 11.9 Å². The summed E-state index contributed by atoms with van der Waals surface area (Å²) in [5.41, 5.74) is 0.399. The highest BCUT2D eigenvalue weighted by atomic mass is 16.6. The van der Waals surface area contributed by atoms with Crippen molar-refractivity contribution in [3.05, 3.63) is 52.6 Å². The number of aromatic carboxylic acids is 1. The molecule has 0 aliphatic rings. The smallest absolute Gasteiger partial charge is 0.356 e. The molecule has 20 heavy (non-hydrogen) atoms. The van der Waals surface area contributed by atoms with Crippen LogP contribution in [-0.4, -0.2) is 32.1 Å². The van der Waals surface area contributed by atoms with Gasteiger partial charge in [-0.25, -0.2) is 9.78 Å². The number of para-hydroxylation sites is 2. The van der Waals surface area contributed by atoms with E-state index in [2.05, 4.69) is 10.3 Å². The summed E-state index contributed by atoms with van der Waals surface area (Å²) in [5, 5.41) is 22.5.